The molecule has 2 unspecified atom stereocenters. The Hall–Kier alpha value is -0.120. The van der Waals surface area contributed by atoms with Gasteiger partial charge in [-0.05, 0) is 32.9 Å². The van der Waals surface area contributed by atoms with Gasteiger partial charge in [0.2, 0.25) is 0 Å². The van der Waals surface area contributed by atoms with E-state index in [4.69, 9.17) is 4.74 Å². The van der Waals surface area contributed by atoms with E-state index in [0.717, 1.165) is 32.2 Å². The van der Waals surface area contributed by atoms with E-state index in [9.17, 15) is 0 Å². The van der Waals surface area contributed by atoms with Crippen molar-refractivity contribution in [3.05, 3.63) is 0 Å². The molecular formula is C11H24N2O. The maximum Gasteiger partial charge on any atom is 0.0593 e. The second kappa shape index (κ2) is 6.38. The lowest BCUT2D eigenvalue weighted by atomic mass is 9.97. The van der Waals surface area contributed by atoms with E-state index in [2.05, 4.69) is 24.2 Å². The smallest absolute Gasteiger partial charge is 0.0593 e. The Bertz CT molecular complexity index is 152. The van der Waals surface area contributed by atoms with E-state index in [0.29, 0.717) is 6.04 Å². The molecule has 1 fully saturated rings. The molecular weight excluding hydrogens is 176 g/mol. The van der Waals surface area contributed by atoms with E-state index >= 15 is 0 Å². The molecule has 1 aliphatic rings. The Kier molecular flexibility index (Phi) is 5.45. The summed E-state index contributed by atoms with van der Waals surface area (Å²) in [5.41, 5.74) is 0. The van der Waals surface area contributed by atoms with Crippen LogP contribution in [0.25, 0.3) is 0 Å². The number of piperidine rings is 1. The largest absolute Gasteiger partial charge is 0.380 e. The molecule has 1 rings (SSSR count). The van der Waals surface area contributed by atoms with Gasteiger partial charge in [-0.3, -0.25) is 4.90 Å². The summed E-state index contributed by atoms with van der Waals surface area (Å²) < 4.78 is 5.36. The van der Waals surface area contributed by atoms with E-state index in [1.807, 2.05) is 6.92 Å². The van der Waals surface area contributed by atoms with Gasteiger partial charge in [0.25, 0.3) is 0 Å². The number of likely N-dealkylation sites (N-methyl/N-ethyl adjacent to an activating group) is 1. The van der Waals surface area contributed by atoms with E-state index < -0.39 is 0 Å². The second-order valence-corrected chi connectivity index (χ2v) is 4.33. The van der Waals surface area contributed by atoms with Crippen LogP contribution < -0.4 is 5.32 Å². The summed E-state index contributed by atoms with van der Waals surface area (Å²) >= 11 is 0. The van der Waals surface area contributed by atoms with Crippen molar-refractivity contribution in [2.45, 2.75) is 26.3 Å². The molecule has 84 valence electrons. The highest BCUT2D eigenvalue weighted by molar-refractivity contribution is 4.79. The standard InChI is InChI=1S/C11H24N2O/c1-4-14-6-5-13(3)11-7-10(2)8-12-9-11/h10-12H,4-9H2,1-3H3. The zero-order valence-electron chi connectivity index (χ0n) is 9.75. The summed E-state index contributed by atoms with van der Waals surface area (Å²) in [6.45, 7) is 9.40. The van der Waals surface area contributed by atoms with Crippen molar-refractivity contribution in [2.75, 3.05) is 39.9 Å². The van der Waals surface area contributed by atoms with Gasteiger partial charge in [-0.15, -0.1) is 0 Å². The molecule has 1 heterocycles. The lowest BCUT2D eigenvalue weighted by molar-refractivity contribution is 0.0948. The predicted octanol–water partition coefficient (Wildman–Crippen LogP) is 0.953. The van der Waals surface area contributed by atoms with Gasteiger partial charge in [-0.25, -0.2) is 0 Å². The summed E-state index contributed by atoms with van der Waals surface area (Å²) in [5, 5.41) is 3.47. The number of nitrogens with zero attached hydrogens (tertiary/aromatic N) is 1. The van der Waals surface area contributed by atoms with E-state index in [-0.39, 0.29) is 0 Å². The Labute approximate surface area is 87.8 Å². The third-order valence-corrected chi connectivity index (χ3v) is 2.96. The molecule has 14 heavy (non-hydrogen) atoms. The van der Waals surface area contributed by atoms with Gasteiger partial charge in [-0.2, -0.15) is 0 Å². The van der Waals surface area contributed by atoms with Crippen LogP contribution >= 0.6 is 0 Å². The molecule has 0 aromatic heterocycles. The van der Waals surface area contributed by atoms with Crippen LogP contribution in [0.4, 0.5) is 0 Å². The molecule has 0 amide bonds. The monoisotopic (exact) mass is 200 g/mol. The van der Waals surface area contributed by atoms with Gasteiger partial charge >= 0.3 is 0 Å². The fourth-order valence-electron chi connectivity index (χ4n) is 2.00. The molecule has 0 saturated carbocycles. The second-order valence-electron chi connectivity index (χ2n) is 4.33. The van der Waals surface area contributed by atoms with Crippen LogP contribution in [0.5, 0.6) is 0 Å². The predicted molar refractivity (Wildman–Crippen MR) is 59.6 cm³/mol. The summed E-state index contributed by atoms with van der Waals surface area (Å²) in [6.07, 6.45) is 1.32. The molecule has 2 atom stereocenters. The Balaban J connectivity index is 2.18. The first-order valence-corrected chi connectivity index (χ1v) is 5.72. The molecule has 0 spiro atoms. The van der Waals surface area contributed by atoms with Gasteiger partial charge in [-0.1, -0.05) is 6.92 Å². The summed E-state index contributed by atoms with van der Waals surface area (Å²) in [4.78, 5) is 2.42. The number of ether oxygens (including phenoxy) is 1. The number of rotatable bonds is 5. The van der Waals surface area contributed by atoms with Crippen molar-refractivity contribution < 1.29 is 4.74 Å². The molecule has 3 nitrogen and oxygen atoms in total. The van der Waals surface area contributed by atoms with Gasteiger partial charge in [0.05, 0.1) is 6.61 Å². The zero-order valence-corrected chi connectivity index (χ0v) is 9.75. The first-order valence-electron chi connectivity index (χ1n) is 5.72. The van der Waals surface area contributed by atoms with E-state index in [1.165, 1.54) is 13.0 Å². The Morgan fingerprint density at radius 2 is 2.21 bits per heavy atom. The third kappa shape index (κ3) is 3.95. The van der Waals surface area contributed by atoms with Crippen LogP contribution in [0, 0.1) is 5.92 Å². The average Bonchev–Trinajstić information content (AvgIpc) is 2.18. The lowest BCUT2D eigenvalue weighted by Gasteiger charge is -2.34. The van der Waals surface area contributed by atoms with Crippen molar-refractivity contribution in [2.24, 2.45) is 5.92 Å². The van der Waals surface area contributed by atoms with Crippen molar-refractivity contribution in [3.8, 4) is 0 Å². The molecule has 0 aromatic carbocycles. The van der Waals surface area contributed by atoms with Gasteiger partial charge in [0.1, 0.15) is 0 Å². The maximum absolute atomic E-state index is 5.36. The fourth-order valence-corrected chi connectivity index (χ4v) is 2.00. The zero-order chi connectivity index (χ0) is 10.4. The van der Waals surface area contributed by atoms with Gasteiger partial charge < -0.3 is 10.1 Å². The minimum absolute atomic E-state index is 0.694. The Morgan fingerprint density at radius 3 is 2.86 bits per heavy atom. The molecule has 0 aliphatic carbocycles. The summed E-state index contributed by atoms with van der Waals surface area (Å²) in [7, 11) is 2.20. The fraction of sp³-hybridized carbons (Fsp3) is 1.00. The minimum Gasteiger partial charge on any atom is -0.380 e. The quantitative estimate of drug-likeness (QED) is 0.669. The summed E-state index contributed by atoms with van der Waals surface area (Å²) in [6, 6.07) is 0.694. The molecule has 3 heteroatoms. The molecule has 0 radical (unpaired) electrons. The molecule has 1 saturated heterocycles. The van der Waals surface area contributed by atoms with Gasteiger partial charge in [0, 0.05) is 25.7 Å². The third-order valence-electron chi connectivity index (χ3n) is 2.96. The number of hydrogen-bond acceptors (Lipinski definition) is 3. The molecule has 1 aliphatic heterocycles. The van der Waals surface area contributed by atoms with Crippen LogP contribution in [0.15, 0.2) is 0 Å². The topological polar surface area (TPSA) is 24.5 Å². The average molecular weight is 200 g/mol. The minimum atomic E-state index is 0.694. The van der Waals surface area contributed by atoms with Crippen molar-refractivity contribution in [1.82, 2.24) is 10.2 Å². The van der Waals surface area contributed by atoms with Crippen molar-refractivity contribution in [3.63, 3.8) is 0 Å². The van der Waals surface area contributed by atoms with Crippen LogP contribution in [0.3, 0.4) is 0 Å². The summed E-state index contributed by atoms with van der Waals surface area (Å²) in [5.74, 6) is 0.809. The SMILES string of the molecule is CCOCCN(C)C1CNCC(C)C1. The van der Waals surface area contributed by atoms with Crippen LogP contribution in [-0.4, -0.2) is 50.8 Å². The number of hydrogen-bond donors (Lipinski definition) is 1. The van der Waals surface area contributed by atoms with Crippen molar-refractivity contribution >= 4 is 0 Å². The maximum atomic E-state index is 5.36. The Morgan fingerprint density at radius 1 is 1.43 bits per heavy atom. The lowest BCUT2D eigenvalue weighted by Crippen LogP contribution is -2.47. The van der Waals surface area contributed by atoms with Crippen molar-refractivity contribution in [1.29, 1.82) is 0 Å². The highest BCUT2D eigenvalue weighted by Gasteiger charge is 2.21. The van der Waals surface area contributed by atoms with Crippen LogP contribution in [0.2, 0.25) is 0 Å². The first kappa shape index (κ1) is 12.0. The van der Waals surface area contributed by atoms with E-state index in [1.54, 1.807) is 0 Å². The highest BCUT2D eigenvalue weighted by atomic mass is 16.5. The normalized spacial score (nSPS) is 28.3. The van der Waals surface area contributed by atoms with Crippen LogP contribution in [0.1, 0.15) is 20.3 Å². The molecule has 0 bridgehead atoms. The molecule has 1 N–H and O–H groups in total. The van der Waals surface area contributed by atoms with Crippen LogP contribution in [-0.2, 0) is 4.74 Å². The first-order chi connectivity index (χ1) is 6.74. The highest BCUT2D eigenvalue weighted by Crippen LogP contribution is 2.13. The molecule has 0 aromatic rings. The number of nitrogens with one attached hydrogen (secondary N) is 1. The van der Waals surface area contributed by atoms with Gasteiger partial charge in [0.15, 0.2) is 0 Å².